The number of carbonyl (C=O) groups excluding carboxylic acids is 1. The molecule has 3 aromatic rings. The maximum Gasteiger partial charge on any atom is 0.167 e. The van der Waals surface area contributed by atoms with Crippen molar-refractivity contribution in [1.29, 1.82) is 0 Å². The molecule has 3 aromatic carbocycles. The van der Waals surface area contributed by atoms with E-state index >= 15 is 0 Å². The lowest BCUT2D eigenvalue weighted by Gasteiger charge is -2.17. The van der Waals surface area contributed by atoms with Gasteiger partial charge in [-0.15, -0.1) is 0 Å². The Morgan fingerprint density at radius 2 is 1.83 bits per heavy atom. The molecule has 0 aromatic heterocycles. The van der Waals surface area contributed by atoms with Crippen LogP contribution in [0.5, 0.6) is 11.5 Å². The van der Waals surface area contributed by atoms with Crippen LogP contribution >= 0.6 is 15.9 Å². The smallest absolute Gasteiger partial charge is 0.167 e. The minimum atomic E-state index is -0.278. The van der Waals surface area contributed by atoms with E-state index in [0.717, 1.165) is 32.3 Å². The predicted octanol–water partition coefficient (Wildman–Crippen LogP) is 6.31. The molecule has 0 saturated heterocycles. The molecule has 0 amide bonds. The highest BCUT2D eigenvalue weighted by Crippen LogP contribution is 2.34. The summed E-state index contributed by atoms with van der Waals surface area (Å²) >= 11 is 3.62. The Balaban J connectivity index is 1.86. The largest absolute Gasteiger partial charge is 0.508 e. The summed E-state index contributed by atoms with van der Waals surface area (Å²) in [4.78, 5) is 11.2. The minimum absolute atomic E-state index is 0.0280. The Labute approximate surface area is 184 Å². The zero-order valence-corrected chi connectivity index (χ0v) is 18.8. The minimum Gasteiger partial charge on any atom is -0.508 e. The maximum atomic E-state index is 13.3. The van der Waals surface area contributed by atoms with Gasteiger partial charge >= 0.3 is 0 Å². The van der Waals surface area contributed by atoms with E-state index in [0.29, 0.717) is 12.2 Å². The number of hydrogen-bond acceptors (Lipinski definition) is 3. The van der Waals surface area contributed by atoms with Gasteiger partial charge < -0.3 is 9.84 Å². The van der Waals surface area contributed by atoms with E-state index in [1.807, 2.05) is 38.1 Å². The van der Waals surface area contributed by atoms with Crippen LogP contribution in [0.1, 0.15) is 47.6 Å². The molecule has 0 saturated carbocycles. The van der Waals surface area contributed by atoms with Crippen LogP contribution in [-0.2, 0) is 11.2 Å². The first kappa shape index (κ1) is 22.0. The van der Waals surface area contributed by atoms with Crippen LogP contribution in [0.2, 0.25) is 0 Å². The number of rotatable bonds is 7. The summed E-state index contributed by atoms with van der Waals surface area (Å²) in [6.07, 6.45) is 0.669. The van der Waals surface area contributed by atoms with Crippen molar-refractivity contribution in [3.63, 3.8) is 0 Å². The standard InChI is InChI=1S/C25H24BrFO3/c1-15-10-21(30-14-16(2)28)13-24(26)22(15)11-18-4-9-25(29)23(12-18)17(3)19-5-7-20(27)8-6-19/h4-10,12-13,17,29H,11,14H2,1-3H3. The Morgan fingerprint density at radius 3 is 2.47 bits per heavy atom. The van der Waals surface area contributed by atoms with Crippen LogP contribution in [0.25, 0.3) is 0 Å². The first-order chi connectivity index (χ1) is 14.2. The second-order valence-corrected chi connectivity index (χ2v) is 8.39. The summed E-state index contributed by atoms with van der Waals surface area (Å²) in [6, 6.07) is 15.8. The molecule has 30 heavy (non-hydrogen) atoms. The molecule has 0 spiro atoms. The molecule has 0 aliphatic carbocycles. The van der Waals surface area contributed by atoms with E-state index in [-0.39, 0.29) is 29.9 Å². The van der Waals surface area contributed by atoms with Crippen LogP contribution in [-0.4, -0.2) is 17.5 Å². The molecule has 0 fully saturated rings. The number of phenolic OH excluding ortho intramolecular Hbond substituents is 1. The first-order valence-corrected chi connectivity index (χ1v) is 10.5. The van der Waals surface area contributed by atoms with Crippen molar-refractivity contribution in [3.8, 4) is 11.5 Å². The number of hydrogen-bond donors (Lipinski definition) is 1. The number of ketones is 1. The Hall–Kier alpha value is -2.66. The number of ether oxygens (including phenoxy) is 1. The van der Waals surface area contributed by atoms with E-state index in [1.165, 1.54) is 19.1 Å². The monoisotopic (exact) mass is 470 g/mol. The maximum absolute atomic E-state index is 13.3. The third-order valence-electron chi connectivity index (χ3n) is 5.14. The lowest BCUT2D eigenvalue weighted by atomic mass is 9.90. The van der Waals surface area contributed by atoms with Gasteiger partial charge in [0.15, 0.2) is 5.78 Å². The van der Waals surface area contributed by atoms with E-state index < -0.39 is 0 Å². The van der Waals surface area contributed by atoms with Gasteiger partial charge in [-0.3, -0.25) is 4.79 Å². The summed E-state index contributed by atoms with van der Waals surface area (Å²) in [5.74, 6) is 0.492. The highest BCUT2D eigenvalue weighted by molar-refractivity contribution is 9.10. The normalized spacial score (nSPS) is 11.9. The number of halogens is 2. The Bertz CT molecular complexity index is 1040. The lowest BCUT2D eigenvalue weighted by molar-refractivity contribution is -0.118. The molecule has 0 heterocycles. The van der Waals surface area contributed by atoms with Gasteiger partial charge in [0.05, 0.1) is 0 Å². The number of carbonyl (C=O) groups is 1. The molecule has 0 aliphatic heterocycles. The Morgan fingerprint density at radius 1 is 1.13 bits per heavy atom. The van der Waals surface area contributed by atoms with Crippen molar-refractivity contribution in [2.75, 3.05) is 6.61 Å². The zero-order chi connectivity index (χ0) is 21.8. The van der Waals surface area contributed by atoms with E-state index in [4.69, 9.17) is 4.74 Å². The van der Waals surface area contributed by atoms with Gasteiger partial charge in [0, 0.05) is 16.0 Å². The number of benzene rings is 3. The average molecular weight is 471 g/mol. The number of Topliss-reactive ketones (excluding diaryl/α,β-unsaturated/α-hetero) is 1. The third kappa shape index (κ3) is 5.28. The molecule has 3 rings (SSSR count). The summed E-state index contributed by atoms with van der Waals surface area (Å²) in [5.41, 5.74) is 4.95. The molecule has 1 atom stereocenters. The molecule has 0 bridgehead atoms. The summed E-state index contributed by atoms with van der Waals surface area (Å²) in [5, 5.41) is 10.4. The van der Waals surface area contributed by atoms with Gasteiger partial charge in [0.2, 0.25) is 0 Å². The first-order valence-electron chi connectivity index (χ1n) is 9.73. The van der Waals surface area contributed by atoms with E-state index in [1.54, 1.807) is 18.2 Å². The van der Waals surface area contributed by atoms with Gasteiger partial charge in [-0.1, -0.05) is 47.1 Å². The molecular weight excluding hydrogens is 447 g/mol. The Kier molecular flexibility index (Phi) is 6.93. The topological polar surface area (TPSA) is 46.5 Å². The molecule has 156 valence electrons. The quantitative estimate of drug-likeness (QED) is 0.439. The summed E-state index contributed by atoms with van der Waals surface area (Å²) < 4.78 is 19.7. The lowest BCUT2D eigenvalue weighted by Crippen LogP contribution is -2.07. The average Bonchev–Trinajstić information content (AvgIpc) is 2.70. The van der Waals surface area contributed by atoms with Crippen molar-refractivity contribution in [1.82, 2.24) is 0 Å². The predicted molar refractivity (Wildman–Crippen MR) is 120 cm³/mol. The highest BCUT2D eigenvalue weighted by atomic mass is 79.9. The fourth-order valence-corrected chi connectivity index (χ4v) is 4.11. The summed E-state index contributed by atoms with van der Waals surface area (Å²) in [7, 11) is 0. The van der Waals surface area contributed by atoms with Gasteiger partial charge in [0.25, 0.3) is 0 Å². The molecule has 0 aliphatic rings. The van der Waals surface area contributed by atoms with Crippen molar-refractivity contribution in [3.05, 3.63) is 92.7 Å². The van der Waals surface area contributed by atoms with Gasteiger partial charge in [0.1, 0.15) is 23.9 Å². The number of aryl methyl sites for hydroxylation is 1. The van der Waals surface area contributed by atoms with Crippen molar-refractivity contribution in [2.45, 2.75) is 33.1 Å². The number of aromatic hydroxyl groups is 1. The second kappa shape index (κ2) is 9.43. The van der Waals surface area contributed by atoms with Crippen LogP contribution in [0.3, 0.4) is 0 Å². The van der Waals surface area contributed by atoms with Crippen LogP contribution in [0.4, 0.5) is 4.39 Å². The van der Waals surface area contributed by atoms with Gasteiger partial charge in [-0.05, 0) is 72.9 Å². The number of phenols is 1. The second-order valence-electron chi connectivity index (χ2n) is 7.53. The SMILES string of the molecule is CC(=O)COc1cc(C)c(Cc2ccc(O)c(C(C)c3ccc(F)cc3)c2)c(Br)c1. The summed E-state index contributed by atoms with van der Waals surface area (Å²) in [6.45, 7) is 5.54. The van der Waals surface area contributed by atoms with Crippen LogP contribution < -0.4 is 4.74 Å². The van der Waals surface area contributed by atoms with E-state index in [2.05, 4.69) is 15.9 Å². The van der Waals surface area contributed by atoms with Gasteiger partial charge in [-0.2, -0.15) is 0 Å². The van der Waals surface area contributed by atoms with Crippen molar-refractivity contribution >= 4 is 21.7 Å². The zero-order valence-electron chi connectivity index (χ0n) is 17.2. The van der Waals surface area contributed by atoms with Crippen molar-refractivity contribution < 1.29 is 19.0 Å². The van der Waals surface area contributed by atoms with E-state index in [9.17, 15) is 14.3 Å². The van der Waals surface area contributed by atoms with Gasteiger partial charge in [-0.25, -0.2) is 4.39 Å². The highest BCUT2D eigenvalue weighted by Gasteiger charge is 2.15. The fraction of sp³-hybridized carbons (Fsp3) is 0.240. The van der Waals surface area contributed by atoms with Crippen molar-refractivity contribution in [2.24, 2.45) is 0 Å². The molecular formula is C25H24BrFO3. The molecule has 1 N–H and O–H groups in total. The molecule has 5 heteroatoms. The van der Waals surface area contributed by atoms with Crippen LogP contribution in [0, 0.1) is 12.7 Å². The third-order valence-corrected chi connectivity index (χ3v) is 5.85. The molecule has 1 unspecified atom stereocenters. The molecule has 3 nitrogen and oxygen atoms in total. The van der Waals surface area contributed by atoms with Crippen LogP contribution in [0.15, 0.2) is 59.1 Å². The fourth-order valence-electron chi connectivity index (χ4n) is 3.43. The molecule has 0 radical (unpaired) electrons.